The molecule has 0 fully saturated rings. The lowest BCUT2D eigenvalue weighted by molar-refractivity contribution is 0.0644. The van der Waals surface area contributed by atoms with Gasteiger partial charge in [-0.15, -0.1) is 11.3 Å². The van der Waals surface area contributed by atoms with Crippen molar-refractivity contribution in [2.24, 2.45) is 0 Å². The Balaban J connectivity index is 2.35. The van der Waals surface area contributed by atoms with Crippen molar-refractivity contribution in [1.82, 2.24) is 5.32 Å². The number of hydrogen-bond acceptors (Lipinski definition) is 4. The van der Waals surface area contributed by atoms with Crippen LogP contribution in [0.5, 0.6) is 0 Å². The van der Waals surface area contributed by atoms with Crippen LogP contribution in [0.25, 0.3) is 0 Å². The zero-order valence-electron chi connectivity index (χ0n) is 11.1. The first-order valence-corrected chi connectivity index (χ1v) is 6.72. The van der Waals surface area contributed by atoms with Crippen LogP contribution in [0.2, 0.25) is 0 Å². The number of ether oxygens (including phenoxy) is 1. The zero-order valence-corrected chi connectivity index (χ0v) is 11.9. The van der Waals surface area contributed by atoms with Gasteiger partial charge in [0.05, 0.1) is 12.7 Å². The van der Waals surface area contributed by atoms with Crippen molar-refractivity contribution in [2.75, 3.05) is 20.3 Å². The second-order valence-electron chi connectivity index (χ2n) is 5.26. The molecule has 3 nitrogen and oxygen atoms in total. The van der Waals surface area contributed by atoms with Crippen molar-refractivity contribution in [3.63, 3.8) is 0 Å². The van der Waals surface area contributed by atoms with Crippen molar-refractivity contribution in [3.8, 4) is 0 Å². The third-order valence-electron chi connectivity index (χ3n) is 2.44. The summed E-state index contributed by atoms with van der Waals surface area (Å²) in [7, 11) is 1.60. The highest BCUT2D eigenvalue weighted by Gasteiger charge is 2.15. The Kier molecular flexibility index (Phi) is 5.59. The summed E-state index contributed by atoms with van der Waals surface area (Å²) in [5.74, 6) is 0. The van der Waals surface area contributed by atoms with Crippen LogP contribution in [0, 0.1) is 0 Å². The quantitative estimate of drug-likeness (QED) is 0.820. The van der Waals surface area contributed by atoms with Crippen LogP contribution in [0.15, 0.2) is 12.1 Å². The van der Waals surface area contributed by atoms with E-state index in [2.05, 4.69) is 38.2 Å². The van der Waals surface area contributed by atoms with Gasteiger partial charge in [0.15, 0.2) is 0 Å². The molecule has 0 aromatic carbocycles. The largest absolute Gasteiger partial charge is 0.389 e. The molecule has 17 heavy (non-hydrogen) atoms. The Bertz CT molecular complexity index is 330. The first kappa shape index (κ1) is 14.6. The summed E-state index contributed by atoms with van der Waals surface area (Å²) in [4.78, 5) is 2.70. The van der Waals surface area contributed by atoms with Crippen molar-refractivity contribution in [2.45, 2.75) is 38.8 Å². The van der Waals surface area contributed by atoms with Gasteiger partial charge in [-0.3, -0.25) is 0 Å². The molecule has 0 aliphatic carbocycles. The van der Waals surface area contributed by atoms with Gasteiger partial charge in [0, 0.05) is 30.0 Å². The molecule has 1 rings (SSSR count). The van der Waals surface area contributed by atoms with E-state index >= 15 is 0 Å². The van der Waals surface area contributed by atoms with Crippen molar-refractivity contribution < 1.29 is 9.84 Å². The fourth-order valence-corrected chi connectivity index (χ4v) is 2.52. The van der Waals surface area contributed by atoms with E-state index in [-0.39, 0.29) is 5.41 Å². The molecule has 0 bridgehead atoms. The Morgan fingerprint density at radius 3 is 2.65 bits per heavy atom. The standard InChI is InChI=1S/C13H23NO2S/c1-13(2,3)12-6-5-11(17-12)8-14-7-10(15)9-16-4/h5-6,10,14-15H,7-9H2,1-4H3. The molecular weight excluding hydrogens is 234 g/mol. The first-order chi connectivity index (χ1) is 7.93. The van der Waals surface area contributed by atoms with Crippen LogP contribution in [-0.4, -0.2) is 31.5 Å². The van der Waals surface area contributed by atoms with Gasteiger partial charge >= 0.3 is 0 Å². The number of nitrogens with one attached hydrogen (secondary N) is 1. The molecule has 0 saturated heterocycles. The highest BCUT2D eigenvalue weighted by atomic mass is 32.1. The number of aliphatic hydroxyl groups is 1. The topological polar surface area (TPSA) is 41.5 Å². The van der Waals surface area contributed by atoms with E-state index in [1.54, 1.807) is 7.11 Å². The molecule has 2 N–H and O–H groups in total. The summed E-state index contributed by atoms with van der Waals surface area (Å²) < 4.78 is 4.87. The number of thiophene rings is 1. The SMILES string of the molecule is COCC(O)CNCc1ccc(C(C)(C)C)s1. The highest BCUT2D eigenvalue weighted by Crippen LogP contribution is 2.29. The Labute approximate surface area is 108 Å². The van der Waals surface area contributed by atoms with E-state index in [1.807, 2.05) is 11.3 Å². The molecular formula is C13H23NO2S. The minimum Gasteiger partial charge on any atom is -0.389 e. The third kappa shape index (κ3) is 5.17. The van der Waals surface area contributed by atoms with E-state index in [0.717, 1.165) is 6.54 Å². The fourth-order valence-electron chi connectivity index (χ4n) is 1.49. The van der Waals surface area contributed by atoms with Crippen LogP contribution in [0.3, 0.4) is 0 Å². The van der Waals surface area contributed by atoms with E-state index in [1.165, 1.54) is 9.75 Å². The van der Waals surface area contributed by atoms with Crippen LogP contribution in [-0.2, 0) is 16.7 Å². The molecule has 1 aromatic heterocycles. The molecule has 98 valence electrons. The van der Waals surface area contributed by atoms with Crippen LogP contribution < -0.4 is 5.32 Å². The average Bonchev–Trinajstić information content (AvgIpc) is 2.66. The lowest BCUT2D eigenvalue weighted by Gasteiger charge is -2.15. The summed E-state index contributed by atoms with van der Waals surface area (Å²) >= 11 is 1.83. The van der Waals surface area contributed by atoms with Gasteiger partial charge in [-0.05, 0) is 17.5 Å². The monoisotopic (exact) mass is 257 g/mol. The van der Waals surface area contributed by atoms with Gasteiger partial charge in [0.2, 0.25) is 0 Å². The molecule has 0 saturated carbocycles. The predicted octanol–water partition coefficient (Wildman–Crippen LogP) is 2.14. The van der Waals surface area contributed by atoms with E-state index in [9.17, 15) is 5.11 Å². The second-order valence-corrected chi connectivity index (χ2v) is 6.42. The van der Waals surface area contributed by atoms with E-state index in [4.69, 9.17) is 4.74 Å². The highest BCUT2D eigenvalue weighted by molar-refractivity contribution is 7.12. The van der Waals surface area contributed by atoms with Crippen LogP contribution >= 0.6 is 11.3 Å². The lowest BCUT2D eigenvalue weighted by atomic mass is 9.95. The summed E-state index contributed by atoms with van der Waals surface area (Å²) in [5, 5.41) is 12.7. The van der Waals surface area contributed by atoms with Crippen molar-refractivity contribution in [3.05, 3.63) is 21.9 Å². The maximum atomic E-state index is 9.48. The normalized spacial score (nSPS) is 13.9. The minimum atomic E-state index is -0.429. The number of rotatable bonds is 6. The molecule has 0 amide bonds. The van der Waals surface area contributed by atoms with Gasteiger partial charge in [0.1, 0.15) is 0 Å². The molecule has 0 radical (unpaired) electrons. The Morgan fingerprint density at radius 1 is 1.41 bits per heavy atom. The zero-order chi connectivity index (χ0) is 12.9. The smallest absolute Gasteiger partial charge is 0.0897 e. The summed E-state index contributed by atoms with van der Waals surface area (Å²) in [6.07, 6.45) is -0.429. The van der Waals surface area contributed by atoms with E-state index in [0.29, 0.717) is 13.2 Å². The molecule has 0 aliphatic rings. The number of methoxy groups -OCH3 is 1. The number of hydrogen-bond donors (Lipinski definition) is 2. The Hall–Kier alpha value is -0.420. The van der Waals surface area contributed by atoms with E-state index < -0.39 is 6.10 Å². The fraction of sp³-hybridized carbons (Fsp3) is 0.692. The minimum absolute atomic E-state index is 0.221. The summed E-state index contributed by atoms with van der Waals surface area (Å²) in [6, 6.07) is 4.34. The maximum absolute atomic E-state index is 9.48. The first-order valence-electron chi connectivity index (χ1n) is 5.90. The lowest BCUT2D eigenvalue weighted by Crippen LogP contribution is -2.29. The van der Waals surface area contributed by atoms with Crippen LogP contribution in [0.1, 0.15) is 30.5 Å². The van der Waals surface area contributed by atoms with Gasteiger partial charge in [-0.25, -0.2) is 0 Å². The van der Waals surface area contributed by atoms with Gasteiger partial charge in [-0.1, -0.05) is 20.8 Å². The molecule has 4 heteroatoms. The third-order valence-corrected chi connectivity index (χ3v) is 3.95. The molecule has 1 heterocycles. The number of aliphatic hydroxyl groups excluding tert-OH is 1. The molecule has 1 unspecified atom stereocenters. The molecule has 0 spiro atoms. The summed E-state index contributed by atoms with van der Waals surface area (Å²) in [5.41, 5.74) is 0.221. The predicted molar refractivity (Wildman–Crippen MR) is 72.6 cm³/mol. The van der Waals surface area contributed by atoms with Crippen LogP contribution in [0.4, 0.5) is 0 Å². The van der Waals surface area contributed by atoms with Gasteiger partial charge < -0.3 is 15.2 Å². The van der Waals surface area contributed by atoms with Crippen molar-refractivity contribution >= 4 is 11.3 Å². The maximum Gasteiger partial charge on any atom is 0.0897 e. The average molecular weight is 257 g/mol. The summed E-state index contributed by atoms with van der Waals surface area (Å²) in [6.45, 7) is 8.41. The van der Waals surface area contributed by atoms with Gasteiger partial charge in [-0.2, -0.15) is 0 Å². The Morgan fingerprint density at radius 2 is 2.12 bits per heavy atom. The molecule has 1 aromatic rings. The molecule has 0 aliphatic heterocycles. The van der Waals surface area contributed by atoms with Crippen molar-refractivity contribution in [1.29, 1.82) is 0 Å². The second kappa shape index (κ2) is 6.50. The molecule has 1 atom stereocenters. The van der Waals surface area contributed by atoms with Gasteiger partial charge in [0.25, 0.3) is 0 Å².